The first-order valence-electron chi connectivity index (χ1n) is 5.18. The zero-order chi connectivity index (χ0) is 11.7. The largest absolute Gasteiger partial charge is 0.503 e. The van der Waals surface area contributed by atoms with Gasteiger partial charge in [-0.2, -0.15) is 4.39 Å². The Morgan fingerprint density at radius 2 is 2.00 bits per heavy atom. The van der Waals surface area contributed by atoms with Gasteiger partial charge in [-0.15, -0.1) is 0 Å². The molecule has 0 aromatic heterocycles. The van der Waals surface area contributed by atoms with Crippen molar-refractivity contribution in [1.29, 1.82) is 0 Å². The summed E-state index contributed by atoms with van der Waals surface area (Å²) in [6.07, 6.45) is 1.55. The Balaban J connectivity index is 2.40. The fourth-order valence-corrected chi connectivity index (χ4v) is 2.02. The lowest BCUT2D eigenvalue weighted by atomic mass is 9.91. The third-order valence-corrected chi connectivity index (χ3v) is 2.90. The van der Waals surface area contributed by atoms with Crippen LogP contribution in [0.5, 0.6) is 5.75 Å². The first-order chi connectivity index (χ1) is 7.61. The van der Waals surface area contributed by atoms with Gasteiger partial charge < -0.3 is 10.4 Å². The highest BCUT2D eigenvalue weighted by atomic mass is 19.2. The van der Waals surface area contributed by atoms with Gasteiger partial charge in [0.2, 0.25) is 5.82 Å². The normalized spacial score (nSPS) is 21.1. The van der Waals surface area contributed by atoms with E-state index < -0.39 is 23.2 Å². The monoisotopic (exact) mass is 231 g/mol. The molecule has 1 aromatic rings. The van der Waals surface area contributed by atoms with Crippen molar-refractivity contribution in [2.24, 2.45) is 0 Å². The van der Waals surface area contributed by atoms with E-state index in [0.29, 0.717) is 13.0 Å². The second kappa shape index (κ2) is 4.33. The van der Waals surface area contributed by atoms with Crippen LogP contribution in [0, 0.1) is 17.5 Å². The summed E-state index contributed by atoms with van der Waals surface area (Å²) in [6, 6.07) is 0.835. The molecule has 2 nitrogen and oxygen atoms in total. The highest BCUT2D eigenvalue weighted by molar-refractivity contribution is 5.35. The van der Waals surface area contributed by atoms with Gasteiger partial charge in [-0.1, -0.05) is 0 Å². The Morgan fingerprint density at radius 3 is 2.62 bits per heavy atom. The summed E-state index contributed by atoms with van der Waals surface area (Å²) in [5.41, 5.74) is 0.0450. The van der Waals surface area contributed by atoms with Gasteiger partial charge in [0.1, 0.15) is 0 Å². The van der Waals surface area contributed by atoms with Gasteiger partial charge in [0.15, 0.2) is 17.4 Å². The highest BCUT2D eigenvalue weighted by Crippen LogP contribution is 2.32. The summed E-state index contributed by atoms with van der Waals surface area (Å²) >= 11 is 0. The van der Waals surface area contributed by atoms with Crippen LogP contribution in [0.1, 0.15) is 24.3 Å². The van der Waals surface area contributed by atoms with E-state index >= 15 is 0 Å². The van der Waals surface area contributed by atoms with Crippen molar-refractivity contribution >= 4 is 0 Å². The zero-order valence-corrected chi connectivity index (χ0v) is 8.56. The first-order valence-corrected chi connectivity index (χ1v) is 5.18. The summed E-state index contributed by atoms with van der Waals surface area (Å²) in [5, 5.41) is 12.1. The van der Waals surface area contributed by atoms with E-state index in [1.165, 1.54) is 0 Å². The molecule has 1 aliphatic rings. The molecule has 0 amide bonds. The predicted molar refractivity (Wildman–Crippen MR) is 52.8 cm³/mol. The molecule has 0 bridgehead atoms. The van der Waals surface area contributed by atoms with Crippen molar-refractivity contribution in [1.82, 2.24) is 5.32 Å². The van der Waals surface area contributed by atoms with Crippen LogP contribution in [-0.4, -0.2) is 18.2 Å². The zero-order valence-electron chi connectivity index (χ0n) is 8.56. The van der Waals surface area contributed by atoms with E-state index in [2.05, 4.69) is 5.32 Å². The van der Waals surface area contributed by atoms with Crippen LogP contribution >= 0.6 is 0 Å². The molecule has 1 aromatic carbocycles. The number of halogens is 3. The fraction of sp³-hybridized carbons (Fsp3) is 0.455. The predicted octanol–water partition coefficient (Wildman–Crippen LogP) is 2.28. The molecule has 1 heterocycles. The average molecular weight is 231 g/mol. The number of aromatic hydroxyl groups is 1. The van der Waals surface area contributed by atoms with Crippen molar-refractivity contribution in [3.05, 3.63) is 29.1 Å². The van der Waals surface area contributed by atoms with Gasteiger partial charge in [0, 0.05) is 6.54 Å². The van der Waals surface area contributed by atoms with E-state index in [4.69, 9.17) is 5.11 Å². The summed E-state index contributed by atoms with van der Waals surface area (Å²) in [7, 11) is 0. The lowest BCUT2D eigenvalue weighted by molar-refractivity contribution is 0.364. The van der Waals surface area contributed by atoms with Crippen LogP contribution in [0.3, 0.4) is 0 Å². The number of piperidine rings is 1. The molecular weight excluding hydrogens is 219 g/mol. The van der Waals surface area contributed by atoms with Gasteiger partial charge in [-0.05, 0) is 36.9 Å². The second-order valence-corrected chi connectivity index (χ2v) is 3.97. The smallest absolute Gasteiger partial charge is 0.203 e. The molecule has 5 heteroatoms. The summed E-state index contributed by atoms with van der Waals surface area (Å²) in [5.74, 6) is -5.22. The van der Waals surface area contributed by atoms with E-state index in [1.54, 1.807) is 0 Å². The molecule has 1 aliphatic heterocycles. The van der Waals surface area contributed by atoms with Gasteiger partial charge in [0.05, 0.1) is 0 Å². The van der Waals surface area contributed by atoms with Crippen LogP contribution < -0.4 is 5.32 Å². The molecule has 88 valence electrons. The van der Waals surface area contributed by atoms with Crippen molar-refractivity contribution in [3.63, 3.8) is 0 Å². The molecule has 1 saturated heterocycles. The highest BCUT2D eigenvalue weighted by Gasteiger charge is 2.24. The molecule has 0 saturated carbocycles. The quantitative estimate of drug-likeness (QED) is 0.727. The van der Waals surface area contributed by atoms with Crippen molar-refractivity contribution in [2.45, 2.75) is 18.8 Å². The molecule has 16 heavy (non-hydrogen) atoms. The maximum absolute atomic E-state index is 13.5. The second-order valence-electron chi connectivity index (χ2n) is 3.97. The fourth-order valence-electron chi connectivity index (χ4n) is 2.02. The molecule has 2 N–H and O–H groups in total. The average Bonchev–Trinajstić information content (AvgIpc) is 2.32. The summed E-state index contributed by atoms with van der Waals surface area (Å²) < 4.78 is 39.5. The molecule has 0 aliphatic carbocycles. The van der Waals surface area contributed by atoms with E-state index in [9.17, 15) is 13.2 Å². The van der Waals surface area contributed by atoms with Crippen LogP contribution in [0.4, 0.5) is 13.2 Å². The molecule has 1 unspecified atom stereocenters. The Morgan fingerprint density at radius 1 is 1.25 bits per heavy atom. The molecule has 0 spiro atoms. The molecule has 1 fully saturated rings. The Hall–Kier alpha value is -1.23. The number of rotatable bonds is 1. The third kappa shape index (κ3) is 1.87. The maximum Gasteiger partial charge on any atom is 0.203 e. The molecule has 0 radical (unpaired) electrons. The summed E-state index contributed by atoms with van der Waals surface area (Å²) in [6.45, 7) is 1.36. The van der Waals surface area contributed by atoms with Crippen molar-refractivity contribution < 1.29 is 18.3 Å². The van der Waals surface area contributed by atoms with Crippen LogP contribution in [0.15, 0.2) is 6.07 Å². The van der Waals surface area contributed by atoms with Gasteiger partial charge >= 0.3 is 0 Å². The van der Waals surface area contributed by atoms with Crippen LogP contribution in [0.2, 0.25) is 0 Å². The van der Waals surface area contributed by atoms with E-state index in [1.807, 2.05) is 0 Å². The van der Waals surface area contributed by atoms with E-state index in [0.717, 1.165) is 19.0 Å². The minimum atomic E-state index is -1.52. The lowest BCUT2D eigenvalue weighted by Gasteiger charge is -2.23. The molecule has 2 rings (SSSR count). The lowest BCUT2D eigenvalue weighted by Crippen LogP contribution is -2.29. The van der Waals surface area contributed by atoms with Crippen molar-refractivity contribution in [3.8, 4) is 5.75 Å². The maximum atomic E-state index is 13.5. The standard InChI is InChI=1S/C11H12F3NO/c12-8-4-7(6-2-1-3-15-5-6)9(13)11(16)10(8)14/h4,6,15-16H,1-3,5H2. The van der Waals surface area contributed by atoms with E-state index in [-0.39, 0.29) is 11.5 Å². The summed E-state index contributed by atoms with van der Waals surface area (Å²) in [4.78, 5) is 0. The van der Waals surface area contributed by atoms with Crippen molar-refractivity contribution in [2.75, 3.05) is 13.1 Å². The number of benzene rings is 1. The topological polar surface area (TPSA) is 32.3 Å². The Bertz CT molecular complexity index is 403. The number of phenols is 1. The Kier molecular flexibility index (Phi) is 3.05. The Labute approximate surface area is 91.1 Å². The van der Waals surface area contributed by atoms with Crippen LogP contribution in [0.25, 0.3) is 0 Å². The minimum Gasteiger partial charge on any atom is -0.503 e. The third-order valence-electron chi connectivity index (χ3n) is 2.90. The minimum absolute atomic E-state index is 0.0450. The van der Waals surface area contributed by atoms with Gasteiger partial charge in [-0.3, -0.25) is 0 Å². The number of nitrogens with one attached hydrogen (secondary N) is 1. The molecule has 1 atom stereocenters. The molecular formula is C11H12F3NO. The van der Waals surface area contributed by atoms with Gasteiger partial charge in [-0.25, -0.2) is 8.78 Å². The SMILES string of the molecule is Oc1c(F)c(F)cc(C2CCCNC2)c1F. The first kappa shape index (κ1) is 11.3. The van der Waals surface area contributed by atoms with Crippen LogP contribution in [-0.2, 0) is 0 Å². The number of hydrogen-bond donors (Lipinski definition) is 2. The van der Waals surface area contributed by atoms with Gasteiger partial charge in [0.25, 0.3) is 0 Å². The number of phenolic OH excluding ortho intramolecular Hbond substituents is 1. The number of hydrogen-bond acceptors (Lipinski definition) is 2.